The van der Waals surface area contributed by atoms with Crippen LogP contribution < -0.4 is 14.8 Å². The number of carboxylic acid groups (broad SMARTS) is 1. The molecular weight excluding hydrogens is 332 g/mol. The molecule has 2 N–H and O–H groups in total. The number of ether oxygens (including phenoxy) is 2. The average Bonchev–Trinajstić information content (AvgIpc) is 3.06. The smallest absolute Gasteiger partial charge is 0.341 e. The standard InChI is InChI=1S/C17H19ClN2O4/c1-23-12-7-10-11(8-13(12)24-2)20-16(14(15(10)18)17(21)22)19-9-5-3-4-6-9/h7-9H,3-6H2,1-2H3,(H,19,20)(H,21,22). The third-order valence-electron chi connectivity index (χ3n) is 4.34. The summed E-state index contributed by atoms with van der Waals surface area (Å²) in [5, 5.41) is 13.5. The summed E-state index contributed by atoms with van der Waals surface area (Å²) in [7, 11) is 3.05. The second-order valence-corrected chi connectivity index (χ2v) is 6.18. The number of aromatic nitrogens is 1. The van der Waals surface area contributed by atoms with E-state index in [2.05, 4.69) is 10.3 Å². The Morgan fingerprint density at radius 2 is 1.88 bits per heavy atom. The topological polar surface area (TPSA) is 80.7 Å². The van der Waals surface area contributed by atoms with Gasteiger partial charge in [0.25, 0.3) is 0 Å². The fourth-order valence-electron chi connectivity index (χ4n) is 3.11. The van der Waals surface area contributed by atoms with E-state index >= 15 is 0 Å². The average molecular weight is 351 g/mol. The predicted molar refractivity (Wildman–Crippen MR) is 92.7 cm³/mol. The van der Waals surface area contributed by atoms with Gasteiger partial charge < -0.3 is 19.9 Å². The first-order valence-corrected chi connectivity index (χ1v) is 8.18. The van der Waals surface area contributed by atoms with Gasteiger partial charge in [0.2, 0.25) is 0 Å². The van der Waals surface area contributed by atoms with Crippen LogP contribution in [0.5, 0.6) is 11.5 Å². The van der Waals surface area contributed by atoms with E-state index in [-0.39, 0.29) is 16.6 Å². The third-order valence-corrected chi connectivity index (χ3v) is 4.73. The van der Waals surface area contributed by atoms with Crippen molar-refractivity contribution in [2.45, 2.75) is 31.7 Å². The molecule has 0 saturated heterocycles. The second kappa shape index (κ2) is 6.73. The van der Waals surface area contributed by atoms with Crippen molar-refractivity contribution >= 4 is 34.3 Å². The quantitative estimate of drug-likeness (QED) is 0.849. The van der Waals surface area contributed by atoms with E-state index in [9.17, 15) is 9.90 Å². The summed E-state index contributed by atoms with van der Waals surface area (Å²) in [5.74, 6) is 0.189. The normalized spacial score (nSPS) is 14.8. The summed E-state index contributed by atoms with van der Waals surface area (Å²) in [6, 6.07) is 3.57. The van der Waals surface area contributed by atoms with Crippen LogP contribution in [0.4, 0.5) is 5.82 Å². The minimum atomic E-state index is -1.11. The lowest BCUT2D eigenvalue weighted by Crippen LogP contribution is -2.18. The van der Waals surface area contributed by atoms with E-state index in [1.54, 1.807) is 12.1 Å². The van der Waals surface area contributed by atoms with E-state index in [1.165, 1.54) is 14.2 Å². The van der Waals surface area contributed by atoms with Gasteiger partial charge in [-0.3, -0.25) is 0 Å². The number of benzene rings is 1. The number of hydrogen-bond donors (Lipinski definition) is 2. The maximum Gasteiger partial charge on any atom is 0.341 e. The molecule has 24 heavy (non-hydrogen) atoms. The number of pyridine rings is 1. The minimum Gasteiger partial charge on any atom is -0.493 e. The highest BCUT2D eigenvalue weighted by molar-refractivity contribution is 6.39. The number of nitrogens with zero attached hydrogens (tertiary/aromatic N) is 1. The van der Waals surface area contributed by atoms with Crippen LogP contribution >= 0.6 is 11.6 Å². The summed E-state index contributed by atoms with van der Waals surface area (Å²) in [6.45, 7) is 0. The zero-order valence-corrected chi connectivity index (χ0v) is 14.3. The Bertz CT molecular complexity index is 788. The zero-order valence-electron chi connectivity index (χ0n) is 13.6. The van der Waals surface area contributed by atoms with Crippen molar-refractivity contribution in [3.8, 4) is 11.5 Å². The highest BCUT2D eigenvalue weighted by Crippen LogP contribution is 2.38. The molecule has 0 radical (unpaired) electrons. The number of halogens is 1. The molecule has 1 heterocycles. The van der Waals surface area contributed by atoms with Gasteiger partial charge >= 0.3 is 5.97 Å². The monoisotopic (exact) mass is 350 g/mol. The van der Waals surface area contributed by atoms with Gasteiger partial charge in [0.15, 0.2) is 11.5 Å². The fourth-order valence-corrected chi connectivity index (χ4v) is 3.44. The molecule has 0 spiro atoms. The van der Waals surface area contributed by atoms with Gasteiger partial charge in [-0.25, -0.2) is 9.78 Å². The first kappa shape index (κ1) is 16.6. The number of carboxylic acids is 1. The van der Waals surface area contributed by atoms with Crippen LogP contribution in [-0.4, -0.2) is 36.3 Å². The number of methoxy groups -OCH3 is 2. The number of nitrogens with one attached hydrogen (secondary N) is 1. The van der Waals surface area contributed by atoms with Crippen LogP contribution in [0, 0.1) is 0 Å². The van der Waals surface area contributed by atoms with Crippen LogP contribution in [0.15, 0.2) is 12.1 Å². The van der Waals surface area contributed by atoms with Crippen molar-refractivity contribution in [2.75, 3.05) is 19.5 Å². The Morgan fingerprint density at radius 3 is 2.46 bits per heavy atom. The molecule has 3 rings (SSSR count). The maximum absolute atomic E-state index is 11.7. The van der Waals surface area contributed by atoms with Crippen molar-refractivity contribution in [1.29, 1.82) is 0 Å². The molecule has 7 heteroatoms. The van der Waals surface area contributed by atoms with Gasteiger partial charge in [-0.15, -0.1) is 0 Å². The molecule has 1 saturated carbocycles. The van der Waals surface area contributed by atoms with Crippen molar-refractivity contribution < 1.29 is 19.4 Å². The summed E-state index contributed by atoms with van der Waals surface area (Å²) in [6.07, 6.45) is 4.27. The molecule has 0 unspecified atom stereocenters. The number of fused-ring (bicyclic) bond motifs is 1. The molecule has 1 aromatic heterocycles. The van der Waals surface area contributed by atoms with Gasteiger partial charge in [0.05, 0.1) is 24.8 Å². The summed E-state index contributed by atoms with van der Waals surface area (Å²) < 4.78 is 10.6. The van der Waals surface area contributed by atoms with Crippen molar-refractivity contribution in [3.05, 3.63) is 22.7 Å². The molecule has 0 bridgehead atoms. The maximum atomic E-state index is 11.7. The molecular formula is C17H19ClN2O4. The predicted octanol–water partition coefficient (Wildman–Crippen LogP) is 3.96. The Kier molecular flexibility index (Phi) is 4.66. The largest absolute Gasteiger partial charge is 0.493 e. The number of aromatic carboxylic acids is 1. The van der Waals surface area contributed by atoms with Crippen LogP contribution in [0.1, 0.15) is 36.0 Å². The van der Waals surface area contributed by atoms with Crippen LogP contribution in [-0.2, 0) is 0 Å². The molecule has 0 atom stereocenters. The van der Waals surface area contributed by atoms with Crippen LogP contribution in [0.25, 0.3) is 10.9 Å². The van der Waals surface area contributed by atoms with E-state index in [1.807, 2.05) is 0 Å². The lowest BCUT2D eigenvalue weighted by atomic mass is 10.1. The fraction of sp³-hybridized carbons (Fsp3) is 0.412. The molecule has 1 aromatic carbocycles. The Morgan fingerprint density at radius 1 is 1.25 bits per heavy atom. The van der Waals surface area contributed by atoms with Gasteiger partial charge in [-0.05, 0) is 18.9 Å². The van der Waals surface area contributed by atoms with Crippen molar-refractivity contribution in [2.24, 2.45) is 0 Å². The SMILES string of the molecule is COc1cc2nc(NC3CCCC3)c(C(=O)O)c(Cl)c2cc1OC. The molecule has 128 valence electrons. The Labute approximate surface area is 144 Å². The van der Waals surface area contributed by atoms with Crippen molar-refractivity contribution in [1.82, 2.24) is 4.98 Å². The zero-order chi connectivity index (χ0) is 17.3. The number of hydrogen-bond acceptors (Lipinski definition) is 5. The lowest BCUT2D eigenvalue weighted by Gasteiger charge is -2.17. The third kappa shape index (κ3) is 2.94. The first-order valence-electron chi connectivity index (χ1n) is 7.80. The summed E-state index contributed by atoms with van der Waals surface area (Å²) in [5.41, 5.74) is 0.548. The first-order chi connectivity index (χ1) is 11.5. The molecule has 1 fully saturated rings. The van der Waals surface area contributed by atoms with E-state index in [0.717, 1.165) is 25.7 Å². The van der Waals surface area contributed by atoms with Crippen LogP contribution in [0.2, 0.25) is 5.02 Å². The number of anilines is 1. The Hall–Kier alpha value is -2.21. The molecule has 1 aliphatic rings. The van der Waals surface area contributed by atoms with Gasteiger partial charge in [-0.1, -0.05) is 24.4 Å². The van der Waals surface area contributed by atoms with E-state index in [0.29, 0.717) is 28.2 Å². The molecule has 2 aromatic rings. The Balaban J connectivity index is 2.18. The summed E-state index contributed by atoms with van der Waals surface area (Å²) >= 11 is 6.39. The van der Waals surface area contributed by atoms with Gasteiger partial charge in [0.1, 0.15) is 11.4 Å². The molecule has 0 aliphatic heterocycles. The van der Waals surface area contributed by atoms with Gasteiger partial charge in [0, 0.05) is 17.5 Å². The van der Waals surface area contributed by atoms with Crippen molar-refractivity contribution in [3.63, 3.8) is 0 Å². The minimum absolute atomic E-state index is 0.0108. The molecule has 0 amide bonds. The van der Waals surface area contributed by atoms with Gasteiger partial charge in [-0.2, -0.15) is 0 Å². The number of carbonyl (C=O) groups is 1. The molecule has 1 aliphatic carbocycles. The highest BCUT2D eigenvalue weighted by atomic mass is 35.5. The van der Waals surface area contributed by atoms with E-state index < -0.39 is 5.97 Å². The molecule has 6 nitrogen and oxygen atoms in total. The lowest BCUT2D eigenvalue weighted by molar-refractivity contribution is 0.0698. The highest BCUT2D eigenvalue weighted by Gasteiger charge is 2.24. The second-order valence-electron chi connectivity index (χ2n) is 5.80. The van der Waals surface area contributed by atoms with Crippen LogP contribution in [0.3, 0.4) is 0 Å². The number of rotatable bonds is 5. The van der Waals surface area contributed by atoms with E-state index in [4.69, 9.17) is 21.1 Å². The summed E-state index contributed by atoms with van der Waals surface area (Å²) in [4.78, 5) is 16.2.